The molecule has 0 heterocycles. The molecule has 0 radical (unpaired) electrons. The van der Waals surface area contributed by atoms with Gasteiger partial charge < -0.3 is 5.11 Å². The van der Waals surface area contributed by atoms with E-state index in [9.17, 15) is 5.11 Å². The van der Waals surface area contributed by atoms with Crippen LogP contribution in [0.1, 0.15) is 36.6 Å². The van der Waals surface area contributed by atoms with E-state index in [1.165, 1.54) is 5.56 Å². The van der Waals surface area contributed by atoms with Crippen LogP contribution >= 0.6 is 0 Å². The Morgan fingerprint density at radius 3 is 2.53 bits per heavy atom. The van der Waals surface area contributed by atoms with Crippen molar-refractivity contribution in [2.24, 2.45) is 5.92 Å². The summed E-state index contributed by atoms with van der Waals surface area (Å²) < 4.78 is 0. The summed E-state index contributed by atoms with van der Waals surface area (Å²) in [5.41, 5.74) is 3.43. The fourth-order valence-electron chi connectivity index (χ4n) is 1.79. The highest BCUT2D eigenvalue weighted by atomic mass is 16.3. The monoisotopic (exact) mass is 204 g/mol. The molecule has 15 heavy (non-hydrogen) atoms. The Hall–Kier alpha value is -1.08. The Bertz CT molecular complexity index is 339. The van der Waals surface area contributed by atoms with Gasteiger partial charge in [0.2, 0.25) is 0 Å². The highest BCUT2D eigenvalue weighted by Gasteiger charge is 2.07. The van der Waals surface area contributed by atoms with Gasteiger partial charge in [-0.05, 0) is 36.0 Å². The summed E-state index contributed by atoms with van der Waals surface area (Å²) >= 11 is 0. The van der Waals surface area contributed by atoms with E-state index in [2.05, 4.69) is 32.6 Å². The van der Waals surface area contributed by atoms with Crippen LogP contribution < -0.4 is 0 Å². The molecule has 1 heteroatoms. The van der Waals surface area contributed by atoms with Gasteiger partial charge in [-0.25, -0.2) is 0 Å². The topological polar surface area (TPSA) is 20.2 Å². The maximum absolute atomic E-state index is 9.66. The zero-order chi connectivity index (χ0) is 11.4. The average molecular weight is 204 g/mol. The Labute approximate surface area is 92.5 Å². The summed E-state index contributed by atoms with van der Waals surface area (Å²) in [5, 5.41) is 9.66. The van der Waals surface area contributed by atoms with Gasteiger partial charge in [0.05, 0.1) is 6.10 Å². The second kappa shape index (κ2) is 5.13. The van der Waals surface area contributed by atoms with Crippen LogP contribution in [-0.4, -0.2) is 5.11 Å². The van der Waals surface area contributed by atoms with E-state index < -0.39 is 6.10 Å². The fraction of sp³-hybridized carbons (Fsp3) is 0.429. The third-order valence-corrected chi connectivity index (χ3v) is 2.52. The van der Waals surface area contributed by atoms with Crippen molar-refractivity contribution in [2.75, 3.05) is 0 Å². The molecular weight excluding hydrogens is 184 g/mol. The molecule has 0 saturated carbocycles. The minimum absolute atomic E-state index is 0.543. The Kier molecular flexibility index (Phi) is 4.10. The molecule has 0 aliphatic heterocycles. The second-order valence-electron chi connectivity index (χ2n) is 4.47. The van der Waals surface area contributed by atoms with Gasteiger partial charge in [-0.3, -0.25) is 0 Å². The standard InChI is InChI=1S/C14H20O/c1-5-14(15)13-7-6-12(8-10(2)3)9-11(13)4/h5-7,9-10,14-15H,1,8H2,2-4H3. The third-order valence-electron chi connectivity index (χ3n) is 2.52. The lowest BCUT2D eigenvalue weighted by molar-refractivity contribution is 0.228. The van der Waals surface area contributed by atoms with Crippen LogP contribution in [0, 0.1) is 12.8 Å². The molecule has 1 nitrogen and oxygen atoms in total. The lowest BCUT2D eigenvalue weighted by atomic mass is 9.96. The second-order valence-corrected chi connectivity index (χ2v) is 4.47. The quantitative estimate of drug-likeness (QED) is 0.745. The predicted octanol–water partition coefficient (Wildman–Crippen LogP) is 3.41. The lowest BCUT2D eigenvalue weighted by Crippen LogP contribution is -1.99. The van der Waals surface area contributed by atoms with E-state index in [1.54, 1.807) is 6.08 Å². The summed E-state index contributed by atoms with van der Waals surface area (Å²) in [6, 6.07) is 6.25. The van der Waals surface area contributed by atoms with E-state index in [4.69, 9.17) is 0 Å². The maximum atomic E-state index is 9.66. The summed E-state index contributed by atoms with van der Waals surface area (Å²) in [5.74, 6) is 0.666. The molecule has 1 aromatic carbocycles. The highest BCUT2D eigenvalue weighted by Crippen LogP contribution is 2.20. The van der Waals surface area contributed by atoms with Crippen LogP contribution in [0.5, 0.6) is 0 Å². The third kappa shape index (κ3) is 3.21. The molecule has 1 aromatic rings. The predicted molar refractivity (Wildman–Crippen MR) is 64.9 cm³/mol. The minimum Gasteiger partial charge on any atom is -0.384 e. The van der Waals surface area contributed by atoms with E-state index in [0.29, 0.717) is 5.92 Å². The van der Waals surface area contributed by atoms with Crippen molar-refractivity contribution in [1.29, 1.82) is 0 Å². The smallest absolute Gasteiger partial charge is 0.0971 e. The van der Waals surface area contributed by atoms with E-state index >= 15 is 0 Å². The number of rotatable bonds is 4. The molecule has 0 aromatic heterocycles. The minimum atomic E-state index is -0.543. The molecule has 1 unspecified atom stereocenters. The van der Waals surface area contributed by atoms with Gasteiger partial charge >= 0.3 is 0 Å². The first kappa shape index (κ1) is 12.0. The van der Waals surface area contributed by atoms with Gasteiger partial charge in [-0.15, -0.1) is 6.58 Å². The maximum Gasteiger partial charge on any atom is 0.0971 e. The number of aryl methyl sites for hydroxylation is 1. The van der Waals surface area contributed by atoms with Gasteiger partial charge in [0.25, 0.3) is 0 Å². The Balaban J connectivity index is 2.92. The van der Waals surface area contributed by atoms with Gasteiger partial charge in [0.1, 0.15) is 0 Å². The van der Waals surface area contributed by atoms with Crippen LogP contribution in [0.4, 0.5) is 0 Å². The van der Waals surface area contributed by atoms with Crippen molar-refractivity contribution < 1.29 is 5.11 Å². The molecule has 0 fully saturated rings. The number of aliphatic hydroxyl groups excluding tert-OH is 1. The molecule has 0 aliphatic carbocycles. The van der Waals surface area contributed by atoms with Crippen molar-refractivity contribution in [1.82, 2.24) is 0 Å². The molecule has 1 rings (SSSR count). The average Bonchev–Trinajstić information content (AvgIpc) is 2.16. The normalized spacial score (nSPS) is 12.9. The first-order valence-corrected chi connectivity index (χ1v) is 5.44. The zero-order valence-electron chi connectivity index (χ0n) is 9.83. The van der Waals surface area contributed by atoms with Crippen LogP contribution in [0.25, 0.3) is 0 Å². The van der Waals surface area contributed by atoms with Crippen molar-refractivity contribution in [2.45, 2.75) is 33.3 Å². The van der Waals surface area contributed by atoms with Gasteiger partial charge in [-0.2, -0.15) is 0 Å². The Morgan fingerprint density at radius 1 is 1.40 bits per heavy atom. The van der Waals surface area contributed by atoms with Crippen LogP contribution in [0.2, 0.25) is 0 Å². The van der Waals surface area contributed by atoms with Crippen molar-refractivity contribution >= 4 is 0 Å². The highest BCUT2D eigenvalue weighted by molar-refractivity contribution is 5.34. The molecule has 0 spiro atoms. The number of hydrogen-bond acceptors (Lipinski definition) is 1. The first-order valence-electron chi connectivity index (χ1n) is 5.44. The van der Waals surface area contributed by atoms with Crippen LogP contribution in [0.15, 0.2) is 30.9 Å². The largest absolute Gasteiger partial charge is 0.384 e. The van der Waals surface area contributed by atoms with Crippen LogP contribution in [-0.2, 0) is 6.42 Å². The van der Waals surface area contributed by atoms with Gasteiger partial charge in [0.15, 0.2) is 0 Å². The molecule has 1 atom stereocenters. The summed E-state index contributed by atoms with van der Waals surface area (Å²) in [6.45, 7) is 10.1. The summed E-state index contributed by atoms with van der Waals surface area (Å²) in [6.07, 6.45) is 2.11. The molecule has 82 valence electrons. The van der Waals surface area contributed by atoms with E-state index in [0.717, 1.165) is 17.5 Å². The van der Waals surface area contributed by atoms with E-state index in [1.807, 2.05) is 13.0 Å². The van der Waals surface area contributed by atoms with Crippen molar-refractivity contribution in [3.8, 4) is 0 Å². The SMILES string of the molecule is C=CC(O)c1ccc(CC(C)C)cc1C. The number of hydrogen-bond donors (Lipinski definition) is 1. The first-order chi connectivity index (χ1) is 7.04. The zero-order valence-corrected chi connectivity index (χ0v) is 9.83. The summed E-state index contributed by atoms with van der Waals surface area (Å²) in [7, 11) is 0. The van der Waals surface area contributed by atoms with Crippen molar-refractivity contribution in [3.63, 3.8) is 0 Å². The molecule has 0 amide bonds. The number of aliphatic hydroxyl groups is 1. The number of benzene rings is 1. The van der Waals surface area contributed by atoms with Crippen LogP contribution in [0.3, 0.4) is 0 Å². The molecule has 0 saturated heterocycles. The van der Waals surface area contributed by atoms with Gasteiger partial charge in [0, 0.05) is 0 Å². The molecule has 1 N–H and O–H groups in total. The molecule has 0 aliphatic rings. The molecular formula is C14H20O. The van der Waals surface area contributed by atoms with E-state index in [-0.39, 0.29) is 0 Å². The van der Waals surface area contributed by atoms with Gasteiger partial charge in [-0.1, -0.05) is 38.1 Å². The van der Waals surface area contributed by atoms with Crippen molar-refractivity contribution in [3.05, 3.63) is 47.5 Å². The molecule has 0 bridgehead atoms. The fourth-order valence-corrected chi connectivity index (χ4v) is 1.79. The lowest BCUT2D eigenvalue weighted by Gasteiger charge is -2.12. The summed E-state index contributed by atoms with van der Waals surface area (Å²) in [4.78, 5) is 0. The Morgan fingerprint density at radius 2 is 2.07 bits per heavy atom.